The maximum Gasteiger partial charge on any atom is 0.216 e. The minimum atomic E-state index is -0.308. The Bertz CT molecular complexity index is 900. The first-order chi connectivity index (χ1) is 15.9. The molecule has 1 aliphatic rings. The second-order valence-corrected chi connectivity index (χ2v) is 9.17. The zero-order chi connectivity index (χ0) is 23.7. The number of carbonyl (C=O) groups excluding carboxylic acids is 1. The maximum atomic E-state index is 10.9. The summed E-state index contributed by atoms with van der Waals surface area (Å²) < 4.78 is 17.6. The largest absolute Gasteiger partial charge is 0.494 e. The molecule has 0 radical (unpaired) electrons. The van der Waals surface area contributed by atoms with Gasteiger partial charge >= 0.3 is 0 Å². The second kappa shape index (κ2) is 12.5. The minimum absolute atomic E-state index is 0.0150. The average Bonchev–Trinajstić information content (AvgIpc) is 2.81. The average molecular weight is 495 g/mol. The third kappa shape index (κ3) is 8.07. The minimum Gasteiger partial charge on any atom is -0.494 e. The lowest BCUT2D eigenvalue weighted by Crippen LogP contribution is -2.48. The highest BCUT2D eigenvalue weighted by Crippen LogP contribution is 2.30. The molecule has 0 saturated carbocycles. The molecule has 0 spiro atoms. The molecule has 1 N–H and O–H groups in total. The van der Waals surface area contributed by atoms with E-state index < -0.39 is 0 Å². The van der Waals surface area contributed by atoms with E-state index in [4.69, 9.17) is 37.4 Å². The summed E-state index contributed by atoms with van der Waals surface area (Å²) in [7, 11) is 1.75. The number of rotatable bonds is 11. The van der Waals surface area contributed by atoms with E-state index in [0.717, 1.165) is 44.6 Å². The summed E-state index contributed by atoms with van der Waals surface area (Å²) in [6, 6.07) is 13.5. The summed E-state index contributed by atoms with van der Waals surface area (Å²) in [5.74, 6) is 1.53. The third-order valence-corrected chi connectivity index (χ3v) is 6.63. The molecule has 8 heteroatoms. The van der Waals surface area contributed by atoms with Gasteiger partial charge in [0, 0.05) is 46.3 Å². The van der Waals surface area contributed by atoms with Gasteiger partial charge in [0.1, 0.15) is 23.7 Å². The lowest BCUT2D eigenvalue weighted by molar-refractivity contribution is -0.118. The van der Waals surface area contributed by atoms with Gasteiger partial charge in [0.2, 0.25) is 5.91 Å². The van der Waals surface area contributed by atoms with Crippen molar-refractivity contribution >= 4 is 29.1 Å². The van der Waals surface area contributed by atoms with Crippen molar-refractivity contribution in [3.8, 4) is 11.5 Å². The fourth-order valence-corrected chi connectivity index (χ4v) is 4.07. The first-order valence-electron chi connectivity index (χ1n) is 11.2. The van der Waals surface area contributed by atoms with Crippen LogP contribution in [0.5, 0.6) is 11.5 Å². The smallest absolute Gasteiger partial charge is 0.216 e. The van der Waals surface area contributed by atoms with Crippen LogP contribution in [0.4, 0.5) is 0 Å². The second-order valence-electron chi connectivity index (χ2n) is 8.36. The Balaban J connectivity index is 1.42. The highest BCUT2D eigenvalue weighted by atomic mass is 35.5. The Morgan fingerprint density at radius 2 is 1.73 bits per heavy atom. The van der Waals surface area contributed by atoms with Crippen molar-refractivity contribution in [1.82, 2.24) is 10.2 Å². The molecular weight excluding hydrogens is 463 g/mol. The summed E-state index contributed by atoms with van der Waals surface area (Å²) in [6.45, 7) is 5.95. The van der Waals surface area contributed by atoms with Crippen LogP contribution in [0.1, 0.15) is 31.7 Å². The lowest BCUT2D eigenvalue weighted by atomic mass is 9.91. The van der Waals surface area contributed by atoms with E-state index in [1.54, 1.807) is 19.2 Å². The summed E-state index contributed by atoms with van der Waals surface area (Å²) in [5.41, 5.74) is 0.940. The first-order valence-corrected chi connectivity index (χ1v) is 12.0. The van der Waals surface area contributed by atoms with Crippen molar-refractivity contribution in [2.75, 3.05) is 40.0 Å². The van der Waals surface area contributed by atoms with Crippen molar-refractivity contribution in [2.45, 2.75) is 38.3 Å². The molecule has 0 aromatic heterocycles. The molecule has 1 saturated heterocycles. The van der Waals surface area contributed by atoms with Gasteiger partial charge in [-0.05, 0) is 49.1 Å². The molecule has 33 heavy (non-hydrogen) atoms. The number of amides is 1. The van der Waals surface area contributed by atoms with Crippen LogP contribution in [0, 0.1) is 0 Å². The van der Waals surface area contributed by atoms with E-state index in [0.29, 0.717) is 35.6 Å². The first kappa shape index (κ1) is 25.6. The highest BCUT2D eigenvalue weighted by Gasteiger charge is 2.35. The summed E-state index contributed by atoms with van der Waals surface area (Å²) in [4.78, 5) is 13.3. The maximum absolute atomic E-state index is 10.9. The summed E-state index contributed by atoms with van der Waals surface area (Å²) >= 11 is 12.1. The molecule has 2 aromatic rings. The van der Waals surface area contributed by atoms with Crippen molar-refractivity contribution < 1.29 is 19.0 Å². The van der Waals surface area contributed by atoms with Gasteiger partial charge < -0.3 is 19.5 Å². The van der Waals surface area contributed by atoms with E-state index in [2.05, 4.69) is 22.3 Å². The number of nitrogens with one attached hydrogen (secondary N) is 1. The van der Waals surface area contributed by atoms with Crippen LogP contribution in [0.15, 0.2) is 42.5 Å². The van der Waals surface area contributed by atoms with Gasteiger partial charge in [-0.25, -0.2) is 0 Å². The Labute approximate surface area is 206 Å². The fraction of sp³-hybridized carbons (Fsp3) is 0.480. The lowest BCUT2D eigenvalue weighted by Gasteiger charge is -2.40. The number of ether oxygens (including phenoxy) is 3. The number of nitrogens with zero attached hydrogens (tertiary/aromatic N) is 1. The predicted molar refractivity (Wildman–Crippen MR) is 131 cm³/mol. The zero-order valence-electron chi connectivity index (χ0n) is 19.2. The van der Waals surface area contributed by atoms with Gasteiger partial charge in [0.05, 0.1) is 16.7 Å². The molecule has 1 aliphatic heterocycles. The van der Waals surface area contributed by atoms with Gasteiger partial charge in [-0.3, -0.25) is 9.69 Å². The summed E-state index contributed by atoms with van der Waals surface area (Å²) in [6.07, 6.45) is 2.56. The molecule has 3 rings (SSSR count). The van der Waals surface area contributed by atoms with E-state index in [1.807, 2.05) is 18.2 Å². The monoisotopic (exact) mass is 494 g/mol. The van der Waals surface area contributed by atoms with Crippen molar-refractivity contribution in [1.29, 1.82) is 0 Å². The molecule has 0 aliphatic carbocycles. The Morgan fingerprint density at radius 1 is 1.03 bits per heavy atom. The van der Waals surface area contributed by atoms with Crippen LogP contribution < -0.4 is 14.8 Å². The molecule has 0 atom stereocenters. The van der Waals surface area contributed by atoms with Crippen LogP contribution in [0.25, 0.3) is 0 Å². The van der Waals surface area contributed by atoms with Gasteiger partial charge in [0.25, 0.3) is 0 Å². The number of methoxy groups -OCH3 is 1. The van der Waals surface area contributed by atoms with E-state index in [-0.39, 0.29) is 11.5 Å². The van der Waals surface area contributed by atoms with Crippen LogP contribution in [0.2, 0.25) is 10.0 Å². The van der Waals surface area contributed by atoms with Gasteiger partial charge in [-0.1, -0.05) is 35.3 Å². The number of halogens is 2. The zero-order valence-corrected chi connectivity index (χ0v) is 20.8. The van der Waals surface area contributed by atoms with E-state index in [1.165, 1.54) is 12.5 Å². The Morgan fingerprint density at radius 3 is 2.36 bits per heavy atom. The number of likely N-dealkylation sites (tertiary alicyclic amines) is 1. The van der Waals surface area contributed by atoms with Crippen molar-refractivity contribution in [3.05, 3.63) is 58.1 Å². The fourth-order valence-electron chi connectivity index (χ4n) is 3.78. The van der Waals surface area contributed by atoms with Crippen LogP contribution in [0.3, 0.4) is 0 Å². The molecule has 180 valence electrons. The van der Waals surface area contributed by atoms with Crippen LogP contribution >= 0.6 is 23.2 Å². The standard InChI is InChI=1S/C25H32Cl2N2O4/c1-19(30)28-12-3-15-32-21-6-4-20(5-7-21)17-29-13-10-25(31-2,11-14-29)18-33-22-8-9-23(26)24(27)16-22/h4-9,16H,3,10-15,17-18H2,1-2H3,(H,28,30). The summed E-state index contributed by atoms with van der Waals surface area (Å²) in [5, 5.41) is 3.76. The normalized spacial score (nSPS) is 15.8. The number of piperidine rings is 1. The molecule has 2 aromatic carbocycles. The number of benzene rings is 2. The molecule has 1 amide bonds. The predicted octanol–water partition coefficient (Wildman–Crippen LogP) is 4.96. The van der Waals surface area contributed by atoms with Crippen LogP contribution in [-0.4, -0.2) is 56.4 Å². The van der Waals surface area contributed by atoms with Crippen LogP contribution in [-0.2, 0) is 16.1 Å². The quantitative estimate of drug-likeness (QED) is 0.447. The molecule has 1 fully saturated rings. The molecule has 0 bridgehead atoms. The topological polar surface area (TPSA) is 60.0 Å². The number of hydrogen-bond donors (Lipinski definition) is 1. The number of carbonyl (C=O) groups is 1. The molecule has 0 unspecified atom stereocenters. The van der Waals surface area contributed by atoms with Crippen molar-refractivity contribution in [3.63, 3.8) is 0 Å². The van der Waals surface area contributed by atoms with E-state index >= 15 is 0 Å². The number of hydrogen-bond acceptors (Lipinski definition) is 5. The Hall–Kier alpha value is -1.99. The van der Waals surface area contributed by atoms with Gasteiger partial charge in [0.15, 0.2) is 0 Å². The van der Waals surface area contributed by atoms with E-state index in [9.17, 15) is 4.79 Å². The third-order valence-electron chi connectivity index (χ3n) is 5.89. The van der Waals surface area contributed by atoms with Gasteiger partial charge in [-0.2, -0.15) is 0 Å². The molecule has 6 nitrogen and oxygen atoms in total. The molecule has 1 heterocycles. The van der Waals surface area contributed by atoms with Gasteiger partial charge in [-0.15, -0.1) is 0 Å². The Kier molecular flexibility index (Phi) is 9.68. The van der Waals surface area contributed by atoms with Crippen molar-refractivity contribution in [2.24, 2.45) is 0 Å². The SMILES string of the molecule is COC1(COc2ccc(Cl)c(Cl)c2)CCN(Cc2ccc(OCCCNC(C)=O)cc2)CC1. The highest BCUT2D eigenvalue weighted by molar-refractivity contribution is 6.42. The molecular formula is C25H32Cl2N2O4.